The van der Waals surface area contributed by atoms with Crippen LogP contribution in [0, 0.1) is 11.5 Å². The van der Waals surface area contributed by atoms with Crippen LogP contribution in [0.15, 0.2) is 18.9 Å². The molecule has 0 atom stereocenters. The first-order valence-corrected chi connectivity index (χ1v) is 2.95. The third kappa shape index (κ3) is 0.730. The van der Waals surface area contributed by atoms with Crippen molar-refractivity contribution >= 4 is 0 Å². The van der Waals surface area contributed by atoms with Crippen molar-refractivity contribution in [3.63, 3.8) is 0 Å². The molecule has 52 valence electrons. The van der Waals surface area contributed by atoms with Crippen molar-refractivity contribution in [2.75, 3.05) is 0 Å². The van der Waals surface area contributed by atoms with Gasteiger partial charge in [-0.2, -0.15) is 5.26 Å². The van der Waals surface area contributed by atoms with Crippen LogP contribution in [0.25, 0.3) is 11.5 Å². The highest BCUT2D eigenvalue weighted by molar-refractivity contribution is 5.49. The van der Waals surface area contributed by atoms with E-state index in [2.05, 4.69) is 15.0 Å². The highest BCUT2D eigenvalue weighted by Crippen LogP contribution is 2.12. The van der Waals surface area contributed by atoms with Gasteiger partial charge >= 0.3 is 0 Å². The Bertz CT molecular complexity index is 384. The van der Waals surface area contributed by atoms with Gasteiger partial charge in [-0.25, -0.2) is 19.5 Å². The first kappa shape index (κ1) is 5.80. The van der Waals surface area contributed by atoms with E-state index < -0.39 is 0 Å². The summed E-state index contributed by atoms with van der Waals surface area (Å²) in [5.74, 6) is 0.544. The molecule has 0 aromatic carbocycles. The molecular formula is C6H3N5. The lowest BCUT2D eigenvalue weighted by atomic mass is 10.4. The van der Waals surface area contributed by atoms with Crippen molar-refractivity contribution in [3.8, 4) is 17.7 Å². The van der Waals surface area contributed by atoms with Crippen molar-refractivity contribution in [2.45, 2.75) is 0 Å². The van der Waals surface area contributed by atoms with Gasteiger partial charge in [-0.15, -0.1) is 0 Å². The fourth-order valence-electron chi connectivity index (χ4n) is 0.845. The molecule has 0 aromatic heterocycles. The molecule has 0 N–H and O–H groups in total. The van der Waals surface area contributed by atoms with Crippen molar-refractivity contribution in [2.24, 2.45) is 0 Å². The number of imidazole rings is 1. The van der Waals surface area contributed by atoms with Gasteiger partial charge in [0, 0.05) is 0 Å². The van der Waals surface area contributed by atoms with Gasteiger partial charge in [-0.3, -0.25) is 0 Å². The first-order valence-electron chi connectivity index (χ1n) is 2.95. The maximum absolute atomic E-state index is 8.56. The summed E-state index contributed by atoms with van der Waals surface area (Å²) in [6.07, 6.45) is 6.28. The molecule has 0 aliphatic carbocycles. The topological polar surface area (TPSA) is 67.4 Å². The van der Waals surface area contributed by atoms with Crippen molar-refractivity contribution in [1.82, 2.24) is 19.5 Å². The molecule has 0 saturated heterocycles. The summed E-state index contributed by atoms with van der Waals surface area (Å²) >= 11 is 0. The summed E-state index contributed by atoms with van der Waals surface area (Å²) < 4.78 is 1.27. The molecule has 0 saturated carbocycles. The van der Waals surface area contributed by atoms with E-state index in [0.29, 0.717) is 11.5 Å². The maximum Gasteiger partial charge on any atom is 0.191 e. The van der Waals surface area contributed by atoms with Crippen molar-refractivity contribution in [1.29, 1.82) is 5.26 Å². The second-order valence-corrected chi connectivity index (χ2v) is 1.95. The number of nitriles is 1. The molecule has 2 aliphatic heterocycles. The molecule has 2 heterocycles. The molecule has 0 radical (unpaired) electrons. The van der Waals surface area contributed by atoms with Gasteiger partial charge in [-0.05, 0) is 0 Å². The Hall–Kier alpha value is -1.96. The SMILES string of the molecule is N#Cn1cncc2ncnc1-2. The van der Waals surface area contributed by atoms with E-state index in [-0.39, 0.29) is 0 Å². The summed E-state index contributed by atoms with van der Waals surface area (Å²) in [5, 5.41) is 8.56. The molecule has 0 unspecified atom stereocenters. The summed E-state index contributed by atoms with van der Waals surface area (Å²) in [7, 11) is 0. The number of hydrogen-bond donors (Lipinski definition) is 0. The lowest BCUT2D eigenvalue weighted by Crippen LogP contribution is -1.97. The van der Waals surface area contributed by atoms with E-state index in [9.17, 15) is 0 Å². The minimum atomic E-state index is 0.544. The lowest BCUT2D eigenvalue weighted by Gasteiger charge is -1.97. The fourth-order valence-corrected chi connectivity index (χ4v) is 0.845. The van der Waals surface area contributed by atoms with Gasteiger partial charge < -0.3 is 0 Å². The molecule has 0 bridgehead atoms. The zero-order valence-electron chi connectivity index (χ0n) is 5.47. The van der Waals surface area contributed by atoms with Crippen LogP contribution in [0.4, 0.5) is 0 Å². The number of nitrogens with zero attached hydrogens (tertiary/aromatic N) is 5. The molecule has 11 heavy (non-hydrogen) atoms. The Morgan fingerprint density at radius 2 is 2.36 bits per heavy atom. The van der Waals surface area contributed by atoms with Crippen molar-refractivity contribution < 1.29 is 0 Å². The molecule has 2 rings (SSSR count). The number of hydrogen-bond acceptors (Lipinski definition) is 4. The van der Waals surface area contributed by atoms with Gasteiger partial charge in [0.15, 0.2) is 12.0 Å². The standard InChI is InChI=1S/C6H3N5/c7-2-11-4-8-1-5-6(11)10-3-9-5/h1,3-4H. The molecule has 0 spiro atoms. The molecule has 0 aromatic rings. The van der Waals surface area contributed by atoms with Gasteiger partial charge in [0.25, 0.3) is 0 Å². The maximum atomic E-state index is 8.56. The van der Waals surface area contributed by atoms with E-state index >= 15 is 0 Å². The normalized spacial score (nSPS) is 9.73. The van der Waals surface area contributed by atoms with Crippen LogP contribution in [0.5, 0.6) is 0 Å². The average Bonchev–Trinajstić information content (AvgIpc) is 2.50. The minimum Gasteiger partial charge on any atom is -0.243 e. The predicted molar refractivity (Wildman–Crippen MR) is 35.5 cm³/mol. The number of fused-ring (bicyclic) bond motifs is 1. The third-order valence-electron chi connectivity index (χ3n) is 1.32. The summed E-state index contributed by atoms with van der Waals surface area (Å²) in [6, 6.07) is 0. The van der Waals surface area contributed by atoms with Gasteiger partial charge in [0.2, 0.25) is 0 Å². The second kappa shape index (κ2) is 2.02. The van der Waals surface area contributed by atoms with Gasteiger partial charge in [0.1, 0.15) is 18.3 Å². The zero-order chi connectivity index (χ0) is 7.68. The monoisotopic (exact) mass is 145 g/mol. The Morgan fingerprint density at radius 1 is 1.45 bits per heavy atom. The van der Waals surface area contributed by atoms with Crippen LogP contribution in [0.3, 0.4) is 0 Å². The van der Waals surface area contributed by atoms with E-state index in [4.69, 9.17) is 5.26 Å². The quantitative estimate of drug-likeness (QED) is 0.527. The van der Waals surface area contributed by atoms with Crippen LogP contribution in [-0.2, 0) is 0 Å². The van der Waals surface area contributed by atoms with Crippen LogP contribution in [0.1, 0.15) is 0 Å². The van der Waals surface area contributed by atoms with Crippen LogP contribution >= 0.6 is 0 Å². The molecule has 0 amide bonds. The summed E-state index contributed by atoms with van der Waals surface area (Å²) in [6.45, 7) is 0. The third-order valence-corrected chi connectivity index (χ3v) is 1.32. The predicted octanol–water partition coefficient (Wildman–Crippen LogP) is 0.107. The van der Waals surface area contributed by atoms with Crippen LogP contribution in [-0.4, -0.2) is 19.5 Å². The Morgan fingerprint density at radius 3 is 3.18 bits per heavy atom. The lowest BCUT2D eigenvalue weighted by molar-refractivity contribution is 0.976. The van der Waals surface area contributed by atoms with Gasteiger partial charge in [-0.1, -0.05) is 0 Å². The molecule has 2 aliphatic rings. The Kier molecular flexibility index (Phi) is 1.07. The summed E-state index contributed by atoms with van der Waals surface area (Å²) in [4.78, 5) is 11.6. The van der Waals surface area contributed by atoms with Crippen LogP contribution < -0.4 is 0 Å². The van der Waals surface area contributed by atoms with E-state index in [1.54, 1.807) is 6.20 Å². The average molecular weight is 145 g/mol. The fraction of sp³-hybridized carbons (Fsp3) is 0. The Labute approximate surface area is 62.3 Å². The Balaban J connectivity index is 2.79. The highest BCUT2D eigenvalue weighted by atomic mass is 15.1. The smallest absolute Gasteiger partial charge is 0.191 e. The number of rotatable bonds is 0. The largest absolute Gasteiger partial charge is 0.243 e. The van der Waals surface area contributed by atoms with Crippen molar-refractivity contribution in [3.05, 3.63) is 18.9 Å². The molecular weight excluding hydrogens is 142 g/mol. The summed E-state index contributed by atoms with van der Waals surface area (Å²) in [5.41, 5.74) is 0.633. The van der Waals surface area contributed by atoms with E-state index in [0.717, 1.165) is 0 Å². The number of aromatic nitrogens is 4. The van der Waals surface area contributed by atoms with Gasteiger partial charge in [0.05, 0.1) is 6.20 Å². The zero-order valence-corrected chi connectivity index (χ0v) is 5.47. The molecule has 5 heteroatoms. The van der Waals surface area contributed by atoms with E-state index in [1.807, 2.05) is 6.19 Å². The molecule has 0 fully saturated rings. The first-order chi connectivity index (χ1) is 5.42. The second-order valence-electron chi connectivity index (χ2n) is 1.95. The van der Waals surface area contributed by atoms with E-state index in [1.165, 1.54) is 17.2 Å². The molecule has 5 nitrogen and oxygen atoms in total. The minimum absolute atomic E-state index is 0.544. The van der Waals surface area contributed by atoms with Crippen LogP contribution in [0.2, 0.25) is 0 Å². The highest BCUT2D eigenvalue weighted by Gasteiger charge is 2.08.